The number of hydrogen-bond acceptors (Lipinski definition) is 4. The number of hydrogen-bond donors (Lipinski definition) is 0. The summed E-state index contributed by atoms with van der Waals surface area (Å²) < 4.78 is 3.22. The van der Waals surface area contributed by atoms with E-state index in [4.69, 9.17) is 0 Å². The Labute approximate surface area is 86.6 Å². The lowest BCUT2D eigenvalue weighted by atomic mass is 10.3. The van der Waals surface area contributed by atoms with Crippen molar-refractivity contribution >= 4 is 5.78 Å². The van der Waals surface area contributed by atoms with Crippen LogP contribution in [0.4, 0.5) is 0 Å². The lowest BCUT2D eigenvalue weighted by Crippen LogP contribution is -2.15. The van der Waals surface area contributed by atoms with E-state index in [1.54, 1.807) is 28.7 Å². The molecule has 0 atom stereocenters. The molecule has 0 saturated heterocycles. The molecule has 0 unspecified atom stereocenters. The Hall–Kier alpha value is -1.98. The van der Waals surface area contributed by atoms with Gasteiger partial charge in [-0.15, -0.1) is 0 Å². The smallest absolute Gasteiger partial charge is 0.265 e. The topological polar surface area (TPSA) is 65.6 Å². The van der Waals surface area contributed by atoms with Crippen LogP contribution in [0.2, 0.25) is 0 Å². The zero-order valence-corrected chi connectivity index (χ0v) is 8.58. The van der Waals surface area contributed by atoms with Crippen LogP contribution in [0, 0.1) is 0 Å². The number of aryl methyl sites for hydroxylation is 2. The van der Waals surface area contributed by atoms with Crippen molar-refractivity contribution in [2.24, 2.45) is 7.05 Å². The summed E-state index contributed by atoms with van der Waals surface area (Å²) in [7, 11) is 1.77. The summed E-state index contributed by atoms with van der Waals surface area (Å²) in [6, 6.07) is 0. The molecule has 2 aromatic heterocycles. The van der Waals surface area contributed by atoms with E-state index in [1.807, 2.05) is 6.92 Å². The first kappa shape index (κ1) is 9.57. The van der Waals surface area contributed by atoms with E-state index in [1.165, 1.54) is 6.33 Å². The molecule has 0 fully saturated rings. The van der Waals surface area contributed by atoms with Gasteiger partial charge >= 0.3 is 0 Å². The van der Waals surface area contributed by atoms with Gasteiger partial charge in [0.05, 0.1) is 0 Å². The molecular formula is C9H11N5O. The van der Waals surface area contributed by atoms with Crippen molar-refractivity contribution in [2.75, 3.05) is 0 Å². The number of carbonyl (C=O) groups excluding carboxylic acids is 1. The van der Waals surface area contributed by atoms with Crippen LogP contribution in [0.3, 0.4) is 0 Å². The van der Waals surface area contributed by atoms with Crippen LogP contribution >= 0.6 is 0 Å². The van der Waals surface area contributed by atoms with Crippen LogP contribution < -0.4 is 0 Å². The van der Waals surface area contributed by atoms with E-state index in [9.17, 15) is 4.79 Å². The minimum atomic E-state index is -0.207. The molecule has 15 heavy (non-hydrogen) atoms. The SMILES string of the molecule is CCn1ncnc1C(=O)c1nccn1C. The highest BCUT2D eigenvalue weighted by Gasteiger charge is 2.18. The van der Waals surface area contributed by atoms with Gasteiger partial charge in [-0.2, -0.15) is 5.10 Å². The summed E-state index contributed by atoms with van der Waals surface area (Å²) in [5, 5.41) is 3.94. The van der Waals surface area contributed by atoms with Crippen LogP contribution in [0.5, 0.6) is 0 Å². The summed E-state index contributed by atoms with van der Waals surface area (Å²) in [6.45, 7) is 2.52. The largest absolute Gasteiger partial charge is 0.331 e. The summed E-state index contributed by atoms with van der Waals surface area (Å²) in [5.74, 6) is 0.492. The summed E-state index contributed by atoms with van der Waals surface area (Å²) in [6.07, 6.45) is 4.68. The van der Waals surface area contributed by atoms with E-state index in [0.29, 0.717) is 18.2 Å². The number of ketones is 1. The molecule has 2 heterocycles. The van der Waals surface area contributed by atoms with Crippen molar-refractivity contribution in [3.05, 3.63) is 30.4 Å². The van der Waals surface area contributed by atoms with Crippen molar-refractivity contribution in [3.63, 3.8) is 0 Å². The van der Waals surface area contributed by atoms with E-state index in [0.717, 1.165) is 0 Å². The molecule has 0 aliphatic rings. The standard InChI is InChI=1S/C9H11N5O/c1-3-14-9(11-6-12-14)7(15)8-10-4-5-13(8)2/h4-6H,3H2,1-2H3. The molecule has 0 aromatic carbocycles. The zero-order valence-electron chi connectivity index (χ0n) is 8.58. The number of aromatic nitrogens is 5. The summed E-state index contributed by atoms with van der Waals surface area (Å²) >= 11 is 0. The average Bonchev–Trinajstić information content (AvgIpc) is 2.84. The fraction of sp³-hybridized carbons (Fsp3) is 0.333. The second-order valence-corrected chi connectivity index (χ2v) is 3.09. The summed E-state index contributed by atoms with van der Waals surface area (Å²) in [4.78, 5) is 19.9. The van der Waals surface area contributed by atoms with Gasteiger partial charge in [0.25, 0.3) is 5.78 Å². The number of rotatable bonds is 3. The Morgan fingerprint density at radius 2 is 2.20 bits per heavy atom. The van der Waals surface area contributed by atoms with Gasteiger partial charge in [-0.25, -0.2) is 14.6 Å². The van der Waals surface area contributed by atoms with E-state index < -0.39 is 0 Å². The maximum Gasteiger partial charge on any atom is 0.265 e. The van der Waals surface area contributed by atoms with Crippen molar-refractivity contribution in [3.8, 4) is 0 Å². The lowest BCUT2D eigenvalue weighted by molar-refractivity contribution is 0.101. The molecule has 0 radical (unpaired) electrons. The Kier molecular flexibility index (Phi) is 2.32. The first-order valence-electron chi connectivity index (χ1n) is 4.64. The molecule has 0 aliphatic heterocycles. The van der Waals surface area contributed by atoms with Gasteiger partial charge in [-0.05, 0) is 6.92 Å². The predicted octanol–water partition coefficient (Wildman–Crippen LogP) is 0.262. The molecule has 2 aromatic rings. The minimum absolute atomic E-state index is 0.207. The molecule has 0 spiro atoms. The third-order valence-corrected chi connectivity index (χ3v) is 2.14. The van der Waals surface area contributed by atoms with E-state index in [-0.39, 0.29) is 5.78 Å². The van der Waals surface area contributed by atoms with Crippen molar-refractivity contribution in [1.82, 2.24) is 24.3 Å². The van der Waals surface area contributed by atoms with Crippen LogP contribution in [0.15, 0.2) is 18.7 Å². The highest BCUT2D eigenvalue weighted by molar-refractivity contribution is 6.04. The predicted molar refractivity (Wildman–Crippen MR) is 52.3 cm³/mol. The minimum Gasteiger partial charge on any atom is -0.331 e. The fourth-order valence-corrected chi connectivity index (χ4v) is 1.36. The first-order valence-corrected chi connectivity index (χ1v) is 4.64. The molecule has 78 valence electrons. The van der Waals surface area contributed by atoms with Crippen LogP contribution in [-0.2, 0) is 13.6 Å². The highest BCUT2D eigenvalue weighted by atomic mass is 16.1. The quantitative estimate of drug-likeness (QED) is 0.674. The second-order valence-electron chi connectivity index (χ2n) is 3.09. The number of nitrogens with zero attached hydrogens (tertiary/aromatic N) is 5. The third-order valence-electron chi connectivity index (χ3n) is 2.14. The molecular weight excluding hydrogens is 194 g/mol. The molecule has 6 nitrogen and oxygen atoms in total. The van der Waals surface area contributed by atoms with Crippen molar-refractivity contribution in [1.29, 1.82) is 0 Å². The Balaban J connectivity index is 2.41. The lowest BCUT2D eigenvalue weighted by Gasteiger charge is -2.01. The van der Waals surface area contributed by atoms with Crippen LogP contribution in [0.25, 0.3) is 0 Å². The van der Waals surface area contributed by atoms with Gasteiger partial charge in [0.15, 0.2) is 5.82 Å². The normalized spacial score (nSPS) is 10.5. The maximum absolute atomic E-state index is 12.0. The molecule has 0 bridgehead atoms. The number of carbonyl (C=O) groups is 1. The molecule has 6 heteroatoms. The van der Waals surface area contributed by atoms with Gasteiger partial charge in [-0.1, -0.05) is 0 Å². The van der Waals surface area contributed by atoms with Gasteiger partial charge < -0.3 is 4.57 Å². The van der Waals surface area contributed by atoms with E-state index >= 15 is 0 Å². The maximum atomic E-state index is 12.0. The fourth-order valence-electron chi connectivity index (χ4n) is 1.36. The van der Waals surface area contributed by atoms with E-state index in [2.05, 4.69) is 15.1 Å². The van der Waals surface area contributed by atoms with Gasteiger partial charge in [-0.3, -0.25) is 4.79 Å². The van der Waals surface area contributed by atoms with Crippen molar-refractivity contribution < 1.29 is 4.79 Å². The van der Waals surface area contributed by atoms with Crippen LogP contribution in [0.1, 0.15) is 23.4 Å². The monoisotopic (exact) mass is 205 g/mol. The summed E-state index contributed by atoms with van der Waals surface area (Å²) in [5.41, 5.74) is 0. The Bertz CT molecular complexity index is 484. The zero-order chi connectivity index (χ0) is 10.8. The molecule has 0 N–H and O–H groups in total. The molecule has 0 aliphatic carbocycles. The molecule has 0 amide bonds. The third kappa shape index (κ3) is 1.54. The van der Waals surface area contributed by atoms with Crippen LogP contribution in [-0.4, -0.2) is 30.1 Å². The molecule has 0 saturated carbocycles. The molecule has 2 rings (SSSR count). The average molecular weight is 205 g/mol. The first-order chi connectivity index (χ1) is 7.24. The highest BCUT2D eigenvalue weighted by Crippen LogP contribution is 2.04. The second kappa shape index (κ2) is 3.64. The van der Waals surface area contributed by atoms with Gasteiger partial charge in [0.1, 0.15) is 6.33 Å². The number of imidazole rings is 1. The van der Waals surface area contributed by atoms with Crippen molar-refractivity contribution in [2.45, 2.75) is 13.5 Å². The Morgan fingerprint density at radius 3 is 2.80 bits per heavy atom. The van der Waals surface area contributed by atoms with Gasteiger partial charge in [0, 0.05) is 26.0 Å². The van der Waals surface area contributed by atoms with Gasteiger partial charge in [0.2, 0.25) is 5.82 Å². The Morgan fingerprint density at radius 1 is 1.40 bits per heavy atom.